The fourth-order valence-corrected chi connectivity index (χ4v) is 7.10. The van der Waals surface area contributed by atoms with Crippen molar-refractivity contribution in [3.8, 4) is 0 Å². The van der Waals surface area contributed by atoms with Crippen LogP contribution in [0.25, 0.3) is 0 Å². The SMILES string of the molecule is O=C(O)CCSC(SCCC(=O)O)c1ccccc1CCCCCCCSc1ccc(F)cc1. The predicted molar refractivity (Wildman–Crippen MR) is 143 cm³/mol. The highest BCUT2D eigenvalue weighted by molar-refractivity contribution is 8.16. The van der Waals surface area contributed by atoms with E-state index in [1.165, 1.54) is 36.1 Å². The van der Waals surface area contributed by atoms with E-state index in [1.807, 2.05) is 24.3 Å². The van der Waals surface area contributed by atoms with Crippen molar-refractivity contribution in [2.75, 3.05) is 17.3 Å². The first-order valence-electron chi connectivity index (χ1n) is 11.6. The lowest BCUT2D eigenvalue weighted by Crippen LogP contribution is -2.03. The highest BCUT2D eigenvalue weighted by Gasteiger charge is 2.17. The van der Waals surface area contributed by atoms with Gasteiger partial charge in [-0.15, -0.1) is 35.3 Å². The first-order chi connectivity index (χ1) is 16.5. The van der Waals surface area contributed by atoms with Crippen LogP contribution in [0.2, 0.25) is 0 Å². The number of benzene rings is 2. The van der Waals surface area contributed by atoms with Gasteiger partial charge in [0.05, 0.1) is 17.4 Å². The summed E-state index contributed by atoms with van der Waals surface area (Å²) in [6.45, 7) is 0. The molecule has 2 rings (SSSR count). The molecule has 0 radical (unpaired) electrons. The molecule has 0 bridgehead atoms. The maximum Gasteiger partial charge on any atom is 0.304 e. The summed E-state index contributed by atoms with van der Waals surface area (Å²) >= 11 is 4.94. The Labute approximate surface area is 214 Å². The normalized spacial score (nSPS) is 11.1. The van der Waals surface area contributed by atoms with Crippen molar-refractivity contribution >= 4 is 47.2 Å². The van der Waals surface area contributed by atoms with Crippen LogP contribution in [0.15, 0.2) is 53.4 Å². The highest BCUT2D eigenvalue weighted by Crippen LogP contribution is 2.42. The molecule has 0 aliphatic rings. The summed E-state index contributed by atoms with van der Waals surface area (Å²) in [5.74, 6) is 0.221. The van der Waals surface area contributed by atoms with Crippen LogP contribution < -0.4 is 0 Å². The number of halogens is 1. The van der Waals surface area contributed by atoms with E-state index in [-0.39, 0.29) is 23.2 Å². The summed E-state index contributed by atoms with van der Waals surface area (Å²) < 4.78 is 13.0. The largest absolute Gasteiger partial charge is 0.481 e. The first-order valence-corrected chi connectivity index (χ1v) is 14.7. The van der Waals surface area contributed by atoms with E-state index >= 15 is 0 Å². The maximum absolute atomic E-state index is 13.0. The fraction of sp³-hybridized carbons (Fsp3) is 0.462. The van der Waals surface area contributed by atoms with Gasteiger partial charge in [0, 0.05) is 16.4 Å². The Hall–Kier alpha value is -1.64. The smallest absolute Gasteiger partial charge is 0.304 e. The zero-order valence-corrected chi connectivity index (χ0v) is 21.7. The molecule has 186 valence electrons. The van der Waals surface area contributed by atoms with E-state index in [0.717, 1.165) is 36.3 Å². The molecule has 0 heterocycles. The van der Waals surface area contributed by atoms with Crippen LogP contribution in [-0.4, -0.2) is 39.4 Å². The number of rotatable bonds is 18. The van der Waals surface area contributed by atoms with Crippen molar-refractivity contribution in [1.82, 2.24) is 0 Å². The fourth-order valence-electron chi connectivity index (χ4n) is 3.39. The average Bonchev–Trinajstić information content (AvgIpc) is 2.81. The number of unbranched alkanes of at least 4 members (excludes halogenated alkanes) is 4. The van der Waals surface area contributed by atoms with Crippen LogP contribution in [-0.2, 0) is 16.0 Å². The van der Waals surface area contributed by atoms with Crippen LogP contribution in [0.1, 0.15) is 60.7 Å². The third-order valence-corrected chi connectivity index (χ3v) is 9.06. The van der Waals surface area contributed by atoms with Crippen LogP contribution in [0.5, 0.6) is 0 Å². The summed E-state index contributed by atoms with van der Waals surface area (Å²) in [6, 6.07) is 14.9. The molecular weight excluding hydrogens is 491 g/mol. The molecule has 0 saturated heterocycles. The topological polar surface area (TPSA) is 74.6 Å². The third-order valence-electron chi connectivity index (χ3n) is 5.15. The molecular formula is C26H33FO4S3. The molecule has 0 aliphatic heterocycles. The molecule has 0 spiro atoms. The molecule has 0 saturated carbocycles. The van der Waals surface area contributed by atoms with Gasteiger partial charge in [0.2, 0.25) is 0 Å². The van der Waals surface area contributed by atoms with E-state index in [4.69, 9.17) is 10.2 Å². The minimum Gasteiger partial charge on any atom is -0.481 e. The molecule has 2 aromatic rings. The van der Waals surface area contributed by atoms with Gasteiger partial charge in [-0.25, -0.2) is 4.39 Å². The van der Waals surface area contributed by atoms with Crippen molar-refractivity contribution in [3.05, 3.63) is 65.5 Å². The van der Waals surface area contributed by atoms with Gasteiger partial charge in [-0.2, -0.15) is 0 Å². The molecule has 2 aromatic carbocycles. The number of carbonyl (C=O) groups is 2. The van der Waals surface area contributed by atoms with Gasteiger partial charge < -0.3 is 10.2 Å². The molecule has 0 aromatic heterocycles. The standard InChI is InChI=1S/C26H33FO4S3/c27-21-11-13-22(14-12-21)32-17-7-3-1-2-4-8-20-9-5-6-10-23(20)26(33-18-15-24(28)29)34-19-16-25(30)31/h5-6,9-14,26H,1-4,7-8,15-19H2,(H,28,29)(H,30,31). The summed E-state index contributed by atoms with van der Waals surface area (Å²) in [7, 11) is 0. The van der Waals surface area contributed by atoms with E-state index in [0.29, 0.717) is 11.5 Å². The second-order valence-electron chi connectivity index (χ2n) is 7.88. The quantitative estimate of drug-likeness (QED) is 0.119. The molecule has 0 fully saturated rings. The lowest BCUT2D eigenvalue weighted by molar-refractivity contribution is -0.137. The number of thioether (sulfide) groups is 3. The number of carboxylic acids is 2. The van der Waals surface area contributed by atoms with E-state index in [9.17, 15) is 14.0 Å². The van der Waals surface area contributed by atoms with Gasteiger partial charge >= 0.3 is 11.9 Å². The van der Waals surface area contributed by atoms with Crippen molar-refractivity contribution < 1.29 is 24.2 Å². The molecule has 0 atom stereocenters. The first kappa shape index (κ1) is 28.6. The highest BCUT2D eigenvalue weighted by atomic mass is 32.2. The Morgan fingerprint density at radius 1 is 0.765 bits per heavy atom. The summed E-state index contributed by atoms with van der Waals surface area (Å²) in [4.78, 5) is 23.0. The zero-order chi connectivity index (χ0) is 24.6. The molecule has 2 N–H and O–H groups in total. The second kappa shape index (κ2) is 16.9. The number of hydrogen-bond acceptors (Lipinski definition) is 5. The van der Waals surface area contributed by atoms with Gasteiger partial charge in [-0.05, 0) is 60.4 Å². The van der Waals surface area contributed by atoms with Crippen LogP contribution >= 0.6 is 35.3 Å². The number of aryl methyl sites for hydroxylation is 1. The van der Waals surface area contributed by atoms with Gasteiger partial charge in [0.1, 0.15) is 5.82 Å². The second-order valence-corrected chi connectivity index (χ2v) is 11.8. The molecule has 0 unspecified atom stereocenters. The van der Waals surface area contributed by atoms with E-state index in [2.05, 4.69) is 12.1 Å². The Balaban J connectivity index is 1.75. The molecule has 34 heavy (non-hydrogen) atoms. The summed E-state index contributed by atoms with van der Waals surface area (Å²) in [6.07, 6.45) is 6.90. The van der Waals surface area contributed by atoms with Gasteiger partial charge in [0.15, 0.2) is 0 Å². The summed E-state index contributed by atoms with van der Waals surface area (Å²) in [5, 5.41) is 18.0. The van der Waals surface area contributed by atoms with Gasteiger partial charge in [-0.3, -0.25) is 9.59 Å². The van der Waals surface area contributed by atoms with Crippen molar-refractivity contribution in [3.63, 3.8) is 0 Å². The Bertz CT molecular complexity index is 857. The lowest BCUT2D eigenvalue weighted by Gasteiger charge is -2.20. The van der Waals surface area contributed by atoms with E-state index in [1.54, 1.807) is 35.3 Å². The van der Waals surface area contributed by atoms with Gasteiger partial charge in [0.25, 0.3) is 0 Å². The number of aliphatic carboxylic acids is 2. The minimum atomic E-state index is -0.814. The van der Waals surface area contributed by atoms with Gasteiger partial charge in [-0.1, -0.05) is 43.5 Å². The third kappa shape index (κ3) is 12.2. The monoisotopic (exact) mass is 524 g/mol. The number of hydrogen-bond donors (Lipinski definition) is 2. The van der Waals surface area contributed by atoms with Crippen molar-refractivity contribution in [2.24, 2.45) is 0 Å². The Morgan fingerprint density at radius 3 is 2.00 bits per heavy atom. The van der Waals surface area contributed by atoms with Crippen LogP contribution in [0, 0.1) is 5.82 Å². The average molecular weight is 525 g/mol. The molecule has 8 heteroatoms. The Morgan fingerprint density at radius 2 is 1.35 bits per heavy atom. The van der Waals surface area contributed by atoms with Crippen molar-refractivity contribution in [1.29, 1.82) is 0 Å². The molecule has 4 nitrogen and oxygen atoms in total. The summed E-state index contributed by atoms with van der Waals surface area (Å²) in [5.41, 5.74) is 2.45. The zero-order valence-electron chi connectivity index (χ0n) is 19.3. The minimum absolute atomic E-state index is 0.0402. The van der Waals surface area contributed by atoms with Crippen LogP contribution in [0.4, 0.5) is 4.39 Å². The van der Waals surface area contributed by atoms with Crippen molar-refractivity contribution in [2.45, 2.75) is 60.8 Å². The lowest BCUT2D eigenvalue weighted by atomic mass is 10.0. The van der Waals surface area contributed by atoms with Crippen LogP contribution in [0.3, 0.4) is 0 Å². The maximum atomic E-state index is 13.0. The molecule has 0 aliphatic carbocycles. The number of carboxylic acid groups (broad SMARTS) is 2. The predicted octanol–water partition coefficient (Wildman–Crippen LogP) is 7.53. The molecule has 0 amide bonds. The Kier molecular flexibility index (Phi) is 14.2. The van der Waals surface area contributed by atoms with E-state index < -0.39 is 11.9 Å².